The predicted molar refractivity (Wildman–Crippen MR) is 125 cm³/mol. The van der Waals surface area contributed by atoms with Crippen molar-refractivity contribution >= 4 is 11.8 Å². The summed E-state index contributed by atoms with van der Waals surface area (Å²) in [6.45, 7) is 3.83. The van der Waals surface area contributed by atoms with E-state index in [9.17, 15) is 9.59 Å². The molecule has 0 bridgehead atoms. The molecule has 2 aliphatic heterocycles. The summed E-state index contributed by atoms with van der Waals surface area (Å²) in [5.74, 6) is 0.298. The van der Waals surface area contributed by atoms with Crippen molar-refractivity contribution in [1.29, 1.82) is 0 Å². The first-order chi connectivity index (χ1) is 15.6. The summed E-state index contributed by atoms with van der Waals surface area (Å²) in [6, 6.07) is 20.8. The van der Waals surface area contributed by atoms with Gasteiger partial charge in [0.15, 0.2) is 0 Å². The van der Waals surface area contributed by atoms with Gasteiger partial charge < -0.3 is 10.2 Å². The van der Waals surface area contributed by atoms with Gasteiger partial charge in [-0.25, -0.2) is 0 Å². The minimum absolute atomic E-state index is 0.0727. The number of amides is 2. The summed E-state index contributed by atoms with van der Waals surface area (Å²) in [7, 11) is 1.72. The molecule has 5 heteroatoms. The molecule has 1 saturated carbocycles. The fraction of sp³-hybridized carbons (Fsp3) is 0.481. The highest BCUT2D eigenvalue weighted by atomic mass is 16.2. The normalized spacial score (nSPS) is 23.8. The van der Waals surface area contributed by atoms with Crippen LogP contribution in [0.1, 0.15) is 36.8 Å². The lowest BCUT2D eigenvalue weighted by molar-refractivity contribution is -0.155. The molecule has 2 aromatic rings. The average molecular weight is 432 g/mol. The summed E-state index contributed by atoms with van der Waals surface area (Å²) < 4.78 is 0. The number of carbonyl (C=O) groups is 2. The van der Waals surface area contributed by atoms with Crippen molar-refractivity contribution in [3.8, 4) is 0 Å². The second kappa shape index (κ2) is 8.36. The quantitative estimate of drug-likeness (QED) is 0.791. The Kier molecular flexibility index (Phi) is 5.54. The Morgan fingerprint density at radius 2 is 1.56 bits per heavy atom. The van der Waals surface area contributed by atoms with Crippen LogP contribution in [-0.2, 0) is 21.5 Å². The molecule has 2 heterocycles. The van der Waals surface area contributed by atoms with E-state index in [0.29, 0.717) is 13.1 Å². The maximum Gasteiger partial charge on any atom is 0.233 e. The third-order valence-electron chi connectivity index (χ3n) is 8.02. The van der Waals surface area contributed by atoms with Crippen LogP contribution >= 0.6 is 0 Å². The fourth-order valence-electron chi connectivity index (χ4n) is 6.41. The molecule has 1 N–H and O–H groups in total. The van der Waals surface area contributed by atoms with Gasteiger partial charge in [0.25, 0.3) is 0 Å². The zero-order valence-electron chi connectivity index (χ0n) is 18.9. The standard InChI is InChI=1S/C27H33N3O2/c1-28-24(31)23-17-29(16-21-10-4-2-5-11-21)18-26(23)19-30(20-26)25(32)27(14-8-9-15-27)22-12-6-3-7-13-22/h2-7,10-13,23H,8-9,14-20H2,1H3,(H,28,31). The molecule has 1 atom stereocenters. The molecule has 2 saturated heterocycles. The minimum atomic E-state index is -0.381. The summed E-state index contributed by atoms with van der Waals surface area (Å²) >= 11 is 0. The first-order valence-electron chi connectivity index (χ1n) is 11.9. The number of benzene rings is 2. The molecular formula is C27H33N3O2. The van der Waals surface area contributed by atoms with Crippen LogP contribution in [0.2, 0.25) is 0 Å². The highest BCUT2D eigenvalue weighted by Crippen LogP contribution is 2.49. The first-order valence-corrected chi connectivity index (χ1v) is 11.9. The van der Waals surface area contributed by atoms with Crippen LogP contribution in [0.15, 0.2) is 60.7 Å². The molecule has 5 rings (SSSR count). The molecule has 1 aliphatic carbocycles. The second-order valence-corrected chi connectivity index (χ2v) is 10.0. The van der Waals surface area contributed by atoms with Crippen molar-refractivity contribution in [3.63, 3.8) is 0 Å². The third-order valence-corrected chi connectivity index (χ3v) is 8.02. The molecule has 3 aliphatic rings. The van der Waals surface area contributed by atoms with Crippen LogP contribution in [0.5, 0.6) is 0 Å². The van der Waals surface area contributed by atoms with Crippen LogP contribution in [0.4, 0.5) is 0 Å². The van der Waals surface area contributed by atoms with E-state index >= 15 is 0 Å². The van der Waals surface area contributed by atoms with E-state index in [1.165, 1.54) is 5.56 Å². The Hall–Kier alpha value is -2.66. The maximum atomic E-state index is 13.8. The van der Waals surface area contributed by atoms with Crippen molar-refractivity contribution in [2.45, 2.75) is 37.6 Å². The number of carbonyl (C=O) groups excluding carboxylic acids is 2. The molecule has 5 nitrogen and oxygen atoms in total. The molecular weight excluding hydrogens is 398 g/mol. The van der Waals surface area contributed by atoms with E-state index in [2.05, 4.69) is 46.6 Å². The lowest BCUT2D eigenvalue weighted by atomic mass is 9.69. The third kappa shape index (κ3) is 3.53. The zero-order chi connectivity index (χ0) is 22.2. The fourth-order valence-corrected chi connectivity index (χ4v) is 6.41. The number of hydrogen-bond acceptors (Lipinski definition) is 3. The molecule has 2 aromatic carbocycles. The van der Waals surface area contributed by atoms with E-state index < -0.39 is 0 Å². The molecule has 0 radical (unpaired) electrons. The van der Waals surface area contributed by atoms with E-state index in [1.54, 1.807) is 7.05 Å². The first kappa shape index (κ1) is 21.2. The molecule has 1 spiro atoms. The van der Waals surface area contributed by atoms with E-state index in [1.807, 2.05) is 29.2 Å². The highest BCUT2D eigenvalue weighted by Gasteiger charge is 2.59. The van der Waals surface area contributed by atoms with Crippen molar-refractivity contribution in [2.24, 2.45) is 11.3 Å². The Labute approximate surface area is 190 Å². The lowest BCUT2D eigenvalue weighted by Crippen LogP contribution is -2.66. The van der Waals surface area contributed by atoms with Gasteiger partial charge in [-0.1, -0.05) is 73.5 Å². The van der Waals surface area contributed by atoms with Crippen molar-refractivity contribution in [3.05, 3.63) is 71.8 Å². The largest absolute Gasteiger partial charge is 0.359 e. The topological polar surface area (TPSA) is 52.7 Å². The molecule has 0 aromatic heterocycles. The van der Waals surface area contributed by atoms with Gasteiger partial charge in [-0.3, -0.25) is 14.5 Å². The van der Waals surface area contributed by atoms with Crippen molar-refractivity contribution in [2.75, 3.05) is 33.2 Å². The van der Waals surface area contributed by atoms with E-state index in [4.69, 9.17) is 0 Å². The Balaban J connectivity index is 1.34. The Morgan fingerprint density at radius 1 is 0.938 bits per heavy atom. The number of likely N-dealkylation sites (tertiary alicyclic amines) is 2. The van der Waals surface area contributed by atoms with Gasteiger partial charge in [-0.2, -0.15) is 0 Å². The van der Waals surface area contributed by atoms with Gasteiger partial charge in [0.1, 0.15) is 0 Å². The van der Waals surface area contributed by atoms with Gasteiger partial charge in [0.2, 0.25) is 11.8 Å². The lowest BCUT2D eigenvalue weighted by Gasteiger charge is -2.53. The van der Waals surface area contributed by atoms with E-state index in [-0.39, 0.29) is 28.6 Å². The number of nitrogens with one attached hydrogen (secondary N) is 1. The van der Waals surface area contributed by atoms with Crippen LogP contribution in [-0.4, -0.2) is 54.8 Å². The Morgan fingerprint density at radius 3 is 2.19 bits per heavy atom. The van der Waals surface area contributed by atoms with Crippen molar-refractivity contribution < 1.29 is 9.59 Å². The highest BCUT2D eigenvalue weighted by molar-refractivity contribution is 5.90. The summed E-state index contributed by atoms with van der Waals surface area (Å²) in [5.41, 5.74) is 1.90. The van der Waals surface area contributed by atoms with Gasteiger partial charge in [0, 0.05) is 45.2 Å². The number of rotatable bonds is 5. The summed E-state index contributed by atoms with van der Waals surface area (Å²) in [4.78, 5) is 31.0. The summed E-state index contributed by atoms with van der Waals surface area (Å²) in [6.07, 6.45) is 4.06. The zero-order valence-corrected chi connectivity index (χ0v) is 18.9. The molecule has 1 unspecified atom stereocenters. The van der Waals surface area contributed by atoms with Crippen LogP contribution in [0, 0.1) is 11.3 Å². The average Bonchev–Trinajstić information content (AvgIpc) is 3.45. The monoisotopic (exact) mass is 431 g/mol. The van der Waals surface area contributed by atoms with Crippen LogP contribution in [0.25, 0.3) is 0 Å². The maximum absolute atomic E-state index is 13.8. The van der Waals surface area contributed by atoms with Crippen LogP contribution in [0.3, 0.4) is 0 Å². The Bertz CT molecular complexity index is 963. The smallest absolute Gasteiger partial charge is 0.233 e. The number of hydrogen-bond donors (Lipinski definition) is 1. The molecule has 3 fully saturated rings. The van der Waals surface area contributed by atoms with Gasteiger partial charge >= 0.3 is 0 Å². The van der Waals surface area contributed by atoms with E-state index in [0.717, 1.165) is 50.9 Å². The molecule has 2 amide bonds. The second-order valence-electron chi connectivity index (χ2n) is 10.0. The van der Waals surface area contributed by atoms with Crippen LogP contribution < -0.4 is 5.32 Å². The SMILES string of the molecule is CNC(=O)C1CN(Cc2ccccc2)CC12CN(C(=O)C1(c3ccccc3)CCCC1)C2. The van der Waals surface area contributed by atoms with Gasteiger partial charge in [-0.05, 0) is 24.0 Å². The minimum Gasteiger partial charge on any atom is -0.359 e. The summed E-state index contributed by atoms with van der Waals surface area (Å²) in [5, 5.41) is 2.88. The van der Waals surface area contributed by atoms with Crippen molar-refractivity contribution in [1.82, 2.24) is 15.1 Å². The van der Waals surface area contributed by atoms with Gasteiger partial charge in [0.05, 0.1) is 11.3 Å². The number of nitrogens with zero attached hydrogens (tertiary/aromatic N) is 2. The molecule has 32 heavy (non-hydrogen) atoms. The van der Waals surface area contributed by atoms with Gasteiger partial charge in [-0.15, -0.1) is 0 Å². The predicted octanol–water partition coefficient (Wildman–Crippen LogP) is 3.21. The molecule has 168 valence electrons.